The van der Waals surface area contributed by atoms with Gasteiger partial charge in [-0.3, -0.25) is 19.2 Å². The van der Waals surface area contributed by atoms with Crippen LogP contribution in [-0.4, -0.2) is 86.2 Å². The normalized spacial score (nSPS) is 22.6. The van der Waals surface area contributed by atoms with E-state index in [1.165, 1.54) is 11.6 Å². The number of hydrogen-bond acceptors (Lipinski definition) is 13. The van der Waals surface area contributed by atoms with Crippen LogP contribution in [0.5, 0.6) is 0 Å². The Morgan fingerprint density at radius 2 is 1.51 bits per heavy atom. The Kier molecular flexibility index (Phi) is 8.09. The van der Waals surface area contributed by atoms with Crippen LogP contribution in [0.2, 0.25) is 0 Å². The van der Waals surface area contributed by atoms with Crippen molar-refractivity contribution in [3.05, 3.63) is 36.0 Å². The monoisotopic (exact) mass is 545 g/mol. The van der Waals surface area contributed by atoms with Crippen LogP contribution < -0.4 is 4.84 Å². The molecule has 0 radical (unpaired) electrons. The fraction of sp³-hybridized carbons (Fsp3) is 0.458. The first-order chi connectivity index (χ1) is 18.5. The molecule has 0 aliphatic carbocycles. The molecule has 0 spiro atoms. The van der Waals surface area contributed by atoms with E-state index >= 15 is 0 Å². The number of fused-ring (bicyclic) bond motifs is 1. The van der Waals surface area contributed by atoms with Crippen LogP contribution in [0.4, 0.5) is 0 Å². The van der Waals surface area contributed by atoms with E-state index in [1.807, 2.05) is 30.3 Å². The van der Waals surface area contributed by atoms with Crippen molar-refractivity contribution in [2.45, 2.75) is 65.3 Å². The second-order valence-corrected chi connectivity index (χ2v) is 8.65. The van der Waals surface area contributed by atoms with Crippen LogP contribution in [0, 0.1) is 6.92 Å². The molecule has 1 fully saturated rings. The highest BCUT2D eigenvalue weighted by Crippen LogP contribution is 2.30. The molecule has 15 heteroatoms. The van der Waals surface area contributed by atoms with Crippen molar-refractivity contribution in [3.63, 3.8) is 0 Å². The molecule has 1 aliphatic rings. The summed E-state index contributed by atoms with van der Waals surface area (Å²) >= 11 is 0. The van der Waals surface area contributed by atoms with Crippen molar-refractivity contribution in [2.75, 3.05) is 6.61 Å². The molecule has 3 heterocycles. The highest BCUT2D eigenvalue weighted by Gasteiger charge is 2.54. The summed E-state index contributed by atoms with van der Waals surface area (Å²) in [6.45, 7) is 5.97. The van der Waals surface area contributed by atoms with Gasteiger partial charge >= 0.3 is 23.9 Å². The van der Waals surface area contributed by atoms with E-state index in [0.717, 1.165) is 31.3 Å². The Balaban J connectivity index is 1.75. The standard InChI is InChI=1S/C24H27N5O10/c1-12-19(17-9-7-6-8-10-17)23-25-27-29(28(23)26-12)39-22-21(36-15(4)32)20(35-14(3)31)18(11-34-13(2)30)38-24(22)37-16(5)33/h6-10,18,20-22,24H,11H2,1-5H3/t18-,20+,21-,22-,24-/m0/s1. The van der Waals surface area contributed by atoms with Crippen molar-refractivity contribution in [2.24, 2.45) is 0 Å². The maximum Gasteiger partial charge on any atom is 0.305 e. The number of rotatable bonds is 8. The minimum atomic E-state index is -1.51. The van der Waals surface area contributed by atoms with Crippen LogP contribution in [0.3, 0.4) is 0 Å². The lowest BCUT2D eigenvalue weighted by Gasteiger charge is -2.43. The number of aromatic nitrogens is 5. The molecule has 0 saturated carbocycles. The van der Waals surface area contributed by atoms with Crippen LogP contribution in [0.1, 0.15) is 33.4 Å². The van der Waals surface area contributed by atoms with Crippen molar-refractivity contribution in [1.82, 2.24) is 25.0 Å². The molecule has 208 valence electrons. The maximum absolute atomic E-state index is 12.1. The number of carbonyl (C=O) groups is 4. The third-order valence-corrected chi connectivity index (χ3v) is 5.60. The Labute approximate surface area is 221 Å². The molecule has 0 bridgehead atoms. The number of aryl methyl sites for hydroxylation is 1. The second kappa shape index (κ2) is 11.5. The molecular weight excluding hydrogens is 518 g/mol. The number of ether oxygens (including phenoxy) is 5. The molecule has 1 saturated heterocycles. The zero-order chi connectivity index (χ0) is 28.3. The third-order valence-electron chi connectivity index (χ3n) is 5.60. The Hall–Kier alpha value is -4.53. The van der Waals surface area contributed by atoms with Gasteiger partial charge in [0, 0.05) is 32.7 Å². The molecule has 5 atom stereocenters. The van der Waals surface area contributed by atoms with Crippen LogP contribution >= 0.6 is 0 Å². The Bertz CT molecular complexity index is 1370. The summed E-state index contributed by atoms with van der Waals surface area (Å²) in [5.41, 5.74) is 2.53. The highest BCUT2D eigenvalue weighted by molar-refractivity contribution is 5.79. The average Bonchev–Trinajstić information content (AvgIpc) is 3.38. The van der Waals surface area contributed by atoms with Gasteiger partial charge in [-0.1, -0.05) is 35.0 Å². The van der Waals surface area contributed by atoms with E-state index in [-0.39, 0.29) is 0 Å². The van der Waals surface area contributed by atoms with Crippen molar-refractivity contribution in [3.8, 4) is 11.1 Å². The van der Waals surface area contributed by atoms with E-state index in [0.29, 0.717) is 16.9 Å². The minimum absolute atomic E-state index is 0.354. The molecule has 0 amide bonds. The third kappa shape index (κ3) is 6.14. The number of tetrazole rings is 1. The maximum atomic E-state index is 12.1. The van der Waals surface area contributed by atoms with E-state index in [2.05, 4.69) is 15.4 Å². The summed E-state index contributed by atoms with van der Waals surface area (Å²) in [5, 5.41) is 12.6. The molecule has 39 heavy (non-hydrogen) atoms. The summed E-state index contributed by atoms with van der Waals surface area (Å²) in [4.78, 5) is 54.4. The van der Waals surface area contributed by atoms with Crippen LogP contribution in [0.15, 0.2) is 30.3 Å². The number of esters is 4. The highest BCUT2D eigenvalue weighted by atomic mass is 16.8. The van der Waals surface area contributed by atoms with E-state index in [4.69, 9.17) is 28.5 Å². The molecule has 1 aliphatic heterocycles. The predicted molar refractivity (Wildman–Crippen MR) is 127 cm³/mol. The van der Waals surface area contributed by atoms with E-state index < -0.39 is 61.2 Å². The molecule has 15 nitrogen and oxygen atoms in total. The van der Waals surface area contributed by atoms with E-state index in [1.54, 1.807) is 6.92 Å². The van der Waals surface area contributed by atoms with Gasteiger partial charge in [-0.05, 0) is 17.7 Å². The second-order valence-electron chi connectivity index (χ2n) is 8.65. The van der Waals surface area contributed by atoms with Gasteiger partial charge in [0.1, 0.15) is 12.7 Å². The van der Waals surface area contributed by atoms with Gasteiger partial charge in [0.15, 0.2) is 12.2 Å². The van der Waals surface area contributed by atoms with Gasteiger partial charge in [0.05, 0.1) is 11.3 Å². The summed E-state index contributed by atoms with van der Waals surface area (Å²) in [6.07, 6.45) is -6.83. The largest absolute Gasteiger partial charge is 0.463 e. The number of hydrogen-bond donors (Lipinski definition) is 0. The molecular formula is C24H27N5O10. The summed E-state index contributed by atoms with van der Waals surface area (Å²) in [7, 11) is 0. The lowest BCUT2D eigenvalue weighted by atomic mass is 9.98. The quantitative estimate of drug-likeness (QED) is 0.282. The van der Waals surface area contributed by atoms with Crippen molar-refractivity contribution in [1.29, 1.82) is 0 Å². The fourth-order valence-electron chi connectivity index (χ4n) is 4.19. The topological polar surface area (TPSA) is 172 Å². The summed E-state index contributed by atoms with van der Waals surface area (Å²) in [5.74, 6) is -2.89. The first kappa shape index (κ1) is 27.5. The zero-order valence-corrected chi connectivity index (χ0v) is 21.8. The van der Waals surface area contributed by atoms with Crippen LogP contribution in [-0.2, 0) is 42.9 Å². The molecule has 3 aromatic rings. The smallest absolute Gasteiger partial charge is 0.305 e. The molecule has 4 rings (SSSR count). The van der Waals surface area contributed by atoms with E-state index in [9.17, 15) is 19.2 Å². The Morgan fingerprint density at radius 3 is 2.13 bits per heavy atom. The SMILES string of the molecule is CC(=O)OC[C@@H]1O[C@H](OC(C)=O)[C@@H](On2nnc3c(-c4ccccc4)c(C)nn32)[C@@H](OC(C)=O)[C@@H]1OC(C)=O. The minimum Gasteiger partial charge on any atom is -0.463 e. The molecule has 0 N–H and O–H groups in total. The predicted octanol–water partition coefficient (Wildman–Crippen LogP) is 0.413. The first-order valence-corrected chi connectivity index (χ1v) is 11.9. The van der Waals surface area contributed by atoms with Gasteiger partial charge in [0.25, 0.3) is 0 Å². The van der Waals surface area contributed by atoms with Gasteiger partial charge in [-0.25, -0.2) is 0 Å². The van der Waals surface area contributed by atoms with Crippen LogP contribution in [0.25, 0.3) is 16.8 Å². The molecule has 1 aromatic carbocycles. The number of nitrogens with zero attached hydrogens (tertiary/aromatic N) is 5. The lowest BCUT2D eigenvalue weighted by molar-refractivity contribution is -0.309. The lowest BCUT2D eigenvalue weighted by Crippen LogP contribution is -2.65. The van der Waals surface area contributed by atoms with Gasteiger partial charge in [-0.15, -0.1) is 5.10 Å². The zero-order valence-electron chi connectivity index (χ0n) is 21.8. The number of carbonyl (C=O) groups excluding carboxylic acids is 4. The Morgan fingerprint density at radius 1 is 0.872 bits per heavy atom. The first-order valence-electron chi connectivity index (χ1n) is 11.9. The number of benzene rings is 1. The van der Waals surface area contributed by atoms with Gasteiger partial charge < -0.3 is 28.5 Å². The molecule has 2 aromatic heterocycles. The fourth-order valence-corrected chi connectivity index (χ4v) is 4.19. The van der Waals surface area contributed by atoms with Crippen molar-refractivity contribution < 1.29 is 47.7 Å². The molecule has 0 unspecified atom stereocenters. The van der Waals surface area contributed by atoms with Crippen molar-refractivity contribution >= 4 is 29.5 Å². The summed E-state index contributed by atoms with van der Waals surface area (Å²) < 4.78 is 28.3. The van der Waals surface area contributed by atoms with Gasteiger partial charge in [0.2, 0.25) is 18.0 Å². The van der Waals surface area contributed by atoms with Gasteiger partial charge in [-0.2, -0.15) is 5.10 Å². The summed E-state index contributed by atoms with van der Waals surface area (Å²) in [6, 6.07) is 9.39. The average molecular weight is 546 g/mol.